The van der Waals surface area contributed by atoms with E-state index in [1.165, 1.54) is 44.5 Å². The van der Waals surface area contributed by atoms with Crippen molar-refractivity contribution in [2.75, 3.05) is 0 Å². The Morgan fingerprint density at radius 1 is 0.511 bits per heavy atom. The first-order chi connectivity index (χ1) is 21.8. The van der Waals surface area contributed by atoms with Gasteiger partial charge in [-0.2, -0.15) is 0 Å². The molecule has 0 N–H and O–H groups in total. The molecule has 1 aromatic heterocycles. The molecule has 1 saturated heterocycles. The molecular formula is C41H41BO3. The second-order valence-electron chi connectivity index (χ2n) is 12.7. The Hall–Kier alpha value is -4.12. The molecule has 5 aromatic carbocycles. The Bertz CT molecular complexity index is 2070. The highest BCUT2D eigenvalue weighted by atomic mass is 16.7. The molecule has 2 heterocycles. The van der Waals surface area contributed by atoms with Gasteiger partial charge in [-0.15, -0.1) is 0 Å². The van der Waals surface area contributed by atoms with Crippen LogP contribution in [-0.2, 0) is 14.7 Å². The van der Waals surface area contributed by atoms with Gasteiger partial charge >= 0.3 is 7.12 Å². The van der Waals surface area contributed by atoms with Crippen LogP contribution in [0.4, 0.5) is 0 Å². The van der Waals surface area contributed by atoms with Crippen LogP contribution in [0, 0.1) is 0 Å². The minimum atomic E-state index is -0.523. The van der Waals surface area contributed by atoms with Gasteiger partial charge < -0.3 is 13.7 Å². The predicted octanol–water partition coefficient (Wildman–Crippen LogP) is 10.3. The highest BCUT2D eigenvalue weighted by Gasteiger charge is 2.58. The second-order valence-corrected chi connectivity index (χ2v) is 12.7. The molecule has 0 bridgehead atoms. The third kappa shape index (κ3) is 3.79. The van der Waals surface area contributed by atoms with E-state index in [9.17, 15) is 0 Å². The van der Waals surface area contributed by atoms with Gasteiger partial charge in [0, 0.05) is 16.3 Å². The molecule has 0 saturated carbocycles. The first-order valence-corrected chi connectivity index (χ1v) is 16.5. The van der Waals surface area contributed by atoms with Gasteiger partial charge in [0.05, 0.1) is 16.6 Å². The number of para-hydroxylation sites is 1. The summed E-state index contributed by atoms with van der Waals surface area (Å²) in [5.41, 5.74) is 11.5. The van der Waals surface area contributed by atoms with E-state index in [1.54, 1.807) is 0 Å². The lowest BCUT2D eigenvalue weighted by Gasteiger charge is -2.32. The van der Waals surface area contributed by atoms with Crippen LogP contribution in [0.3, 0.4) is 0 Å². The van der Waals surface area contributed by atoms with Crippen molar-refractivity contribution in [3.63, 3.8) is 0 Å². The van der Waals surface area contributed by atoms with Crippen LogP contribution in [0.2, 0.25) is 0 Å². The largest absolute Gasteiger partial charge is 0.495 e. The molecule has 1 spiro atoms. The van der Waals surface area contributed by atoms with Gasteiger partial charge in [-0.25, -0.2) is 0 Å². The van der Waals surface area contributed by atoms with E-state index >= 15 is 0 Å². The number of benzene rings is 5. The maximum Gasteiger partial charge on any atom is 0.495 e. The lowest BCUT2D eigenvalue weighted by Crippen LogP contribution is -2.42. The molecule has 45 heavy (non-hydrogen) atoms. The van der Waals surface area contributed by atoms with Crippen molar-refractivity contribution in [3.05, 3.63) is 125 Å². The predicted molar refractivity (Wildman–Crippen MR) is 188 cm³/mol. The van der Waals surface area contributed by atoms with Gasteiger partial charge in [-0.3, -0.25) is 0 Å². The summed E-state index contributed by atoms with van der Waals surface area (Å²) in [5, 5.41) is 2.30. The van der Waals surface area contributed by atoms with Crippen LogP contribution < -0.4 is 5.46 Å². The van der Waals surface area contributed by atoms with Crippen molar-refractivity contribution in [2.24, 2.45) is 0 Å². The fourth-order valence-corrected chi connectivity index (χ4v) is 7.66. The number of rotatable bonds is 1. The van der Waals surface area contributed by atoms with Crippen LogP contribution in [0.1, 0.15) is 77.6 Å². The van der Waals surface area contributed by atoms with Crippen molar-refractivity contribution in [1.29, 1.82) is 0 Å². The molecular weight excluding hydrogens is 551 g/mol. The van der Waals surface area contributed by atoms with Crippen molar-refractivity contribution >= 4 is 34.5 Å². The number of hydrogen-bond acceptors (Lipinski definition) is 3. The standard InChI is InChI=1S/C37H29BO3.2C2H6/c1-35(2)36(3,4)41-38(40-35)30-18-11-15-24-22-12-5-8-16-27(22)37(33(24)30)28-17-9-6-14-26(28)32-29(37)21-20-25-23-13-7-10-19-31(23)39-34(25)32;2*1-2/h5-21H,1-4H3;2*1-2H3. The fraction of sp³-hybridized carbons (Fsp3) is 0.268. The van der Waals surface area contributed by atoms with E-state index in [4.69, 9.17) is 13.7 Å². The molecule has 3 nitrogen and oxygen atoms in total. The summed E-state index contributed by atoms with van der Waals surface area (Å²) in [6, 6.07) is 37.3. The van der Waals surface area contributed by atoms with E-state index in [2.05, 4.69) is 125 Å². The van der Waals surface area contributed by atoms with Gasteiger partial charge in [0.15, 0.2) is 0 Å². The molecule has 1 atom stereocenters. The zero-order valence-electron chi connectivity index (χ0n) is 27.6. The lowest BCUT2D eigenvalue weighted by molar-refractivity contribution is 0.00578. The first kappa shape index (κ1) is 29.6. The van der Waals surface area contributed by atoms with Crippen molar-refractivity contribution in [1.82, 2.24) is 0 Å². The summed E-state index contributed by atoms with van der Waals surface area (Å²) in [6.45, 7) is 16.5. The fourth-order valence-electron chi connectivity index (χ4n) is 7.66. The van der Waals surface area contributed by atoms with Crippen LogP contribution >= 0.6 is 0 Å². The Balaban J connectivity index is 0.000000784. The average molecular weight is 593 g/mol. The summed E-state index contributed by atoms with van der Waals surface area (Å²) in [7, 11) is -0.479. The highest BCUT2D eigenvalue weighted by Crippen LogP contribution is 2.63. The van der Waals surface area contributed by atoms with E-state index in [1.807, 2.05) is 33.8 Å². The zero-order chi connectivity index (χ0) is 31.7. The third-order valence-corrected chi connectivity index (χ3v) is 10.2. The molecule has 6 aromatic rings. The lowest BCUT2D eigenvalue weighted by atomic mass is 9.63. The Kier molecular flexibility index (Phi) is 6.89. The molecule has 9 rings (SSSR count). The monoisotopic (exact) mass is 592 g/mol. The van der Waals surface area contributed by atoms with Gasteiger partial charge in [0.2, 0.25) is 0 Å². The smallest absolute Gasteiger partial charge is 0.455 e. The van der Waals surface area contributed by atoms with Gasteiger partial charge in [-0.05, 0) is 78.2 Å². The Morgan fingerprint density at radius 3 is 1.80 bits per heavy atom. The average Bonchev–Trinajstić information content (AvgIpc) is 3.75. The minimum Gasteiger partial charge on any atom is -0.455 e. The topological polar surface area (TPSA) is 31.6 Å². The van der Waals surface area contributed by atoms with E-state index in [-0.39, 0.29) is 0 Å². The van der Waals surface area contributed by atoms with Crippen molar-refractivity contribution in [3.8, 4) is 22.3 Å². The molecule has 1 unspecified atom stereocenters. The molecule has 4 heteroatoms. The quantitative estimate of drug-likeness (QED) is 0.178. The number of fused-ring (bicyclic) bond motifs is 14. The van der Waals surface area contributed by atoms with Crippen LogP contribution in [-0.4, -0.2) is 18.3 Å². The third-order valence-electron chi connectivity index (χ3n) is 10.2. The second kappa shape index (κ2) is 10.5. The molecule has 0 amide bonds. The molecule has 3 aliphatic rings. The zero-order valence-corrected chi connectivity index (χ0v) is 27.6. The van der Waals surface area contributed by atoms with Crippen LogP contribution in [0.25, 0.3) is 44.2 Å². The normalized spacial score (nSPS) is 19.3. The maximum atomic E-state index is 6.72. The Labute approximate surface area is 267 Å². The van der Waals surface area contributed by atoms with Gasteiger partial charge in [0.25, 0.3) is 0 Å². The van der Waals surface area contributed by atoms with Crippen LogP contribution in [0.15, 0.2) is 108 Å². The molecule has 1 fully saturated rings. The molecule has 226 valence electrons. The molecule has 0 radical (unpaired) electrons. The van der Waals surface area contributed by atoms with Gasteiger partial charge in [-0.1, -0.05) is 125 Å². The van der Waals surface area contributed by atoms with Gasteiger partial charge in [0.1, 0.15) is 11.2 Å². The first-order valence-electron chi connectivity index (χ1n) is 16.5. The Morgan fingerprint density at radius 2 is 1.09 bits per heavy atom. The summed E-state index contributed by atoms with van der Waals surface area (Å²) < 4.78 is 20.1. The van der Waals surface area contributed by atoms with Crippen molar-refractivity contribution < 1.29 is 13.7 Å². The van der Waals surface area contributed by atoms with E-state index in [0.29, 0.717) is 0 Å². The highest BCUT2D eigenvalue weighted by molar-refractivity contribution is 6.63. The van der Waals surface area contributed by atoms with Crippen molar-refractivity contribution in [2.45, 2.75) is 72.0 Å². The summed E-state index contributed by atoms with van der Waals surface area (Å²) in [5.74, 6) is 0. The minimum absolute atomic E-state index is 0.440. The summed E-state index contributed by atoms with van der Waals surface area (Å²) in [4.78, 5) is 0. The SMILES string of the molecule is CC.CC.CC1(C)OB(c2cccc3c2C2(c4ccccc4-3)c3ccccc3-c3c2ccc2c3oc3ccccc32)OC1(C)C. The molecule has 2 aliphatic carbocycles. The maximum absolute atomic E-state index is 6.72. The summed E-state index contributed by atoms with van der Waals surface area (Å²) >= 11 is 0. The number of furan rings is 1. The molecule has 1 aliphatic heterocycles. The summed E-state index contributed by atoms with van der Waals surface area (Å²) in [6.07, 6.45) is 0. The number of hydrogen-bond donors (Lipinski definition) is 0. The van der Waals surface area contributed by atoms with E-state index < -0.39 is 23.7 Å². The van der Waals surface area contributed by atoms with Crippen LogP contribution in [0.5, 0.6) is 0 Å². The van der Waals surface area contributed by atoms with E-state index in [0.717, 1.165) is 27.4 Å².